The van der Waals surface area contributed by atoms with Crippen LogP contribution >= 0.6 is 0 Å². The molecule has 4 rings (SSSR count). The molecule has 1 aromatic carbocycles. The van der Waals surface area contributed by atoms with Crippen molar-refractivity contribution in [2.24, 2.45) is 0 Å². The van der Waals surface area contributed by atoms with E-state index in [9.17, 15) is 4.79 Å². The van der Waals surface area contributed by atoms with Crippen LogP contribution in [0, 0.1) is 0 Å². The van der Waals surface area contributed by atoms with Crippen LogP contribution in [0.5, 0.6) is 11.5 Å². The van der Waals surface area contributed by atoms with Gasteiger partial charge in [-0.3, -0.25) is 4.79 Å². The van der Waals surface area contributed by atoms with Gasteiger partial charge in [-0.2, -0.15) is 0 Å². The number of likely N-dealkylation sites (N-methyl/N-ethyl adjacent to an activating group) is 1. The molecule has 0 aromatic heterocycles. The molecule has 0 N–H and O–H groups in total. The first kappa shape index (κ1) is 15.8. The Morgan fingerprint density at radius 3 is 2.54 bits per heavy atom. The lowest BCUT2D eigenvalue weighted by Gasteiger charge is -2.33. The summed E-state index contributed by atoms with van der Waals surface area (Å²) in [5.74, 6) is 1.58. The largest absolute Gasteiger partial charge is 0.490 e. The van der Waals surface area contributed by atoms with E-state index in [4.69, 9.17) is 9.47 Å². The van der Waals surface area contributed by atoms with Gasteiger partial charge in [0.25, 0.3) is 5.91 Å². The van der Waals surface area contributed by atoms with E-state index in [2.05, 4.69) is 16.8 Å². The summed E-state index contributed by atoms with van der Waals surface area (Å²) in [5.41, 5.74) is 0.715. The molecule has 0 aliphatic carbocycles. The molecule has 3 heterocycles. The molecule has 3 aliphatic heterocycles. The van der Waals surface area contributed by atoms with Gasteiger partial charge in [0.1, 0.15) is 0 Å². The molecule has 0 bridgehead atoms. The third-order valence-corrected chi connectivity index (χ3v) is 5.58. The monoisotopic (exact) mass is 330 g/mol. The van der Waals surface area contributed by atoms with Crippen molar-refractivity contribution >= 4 is 5.91 Å². The van der Waals surface area contributed by atoms with Gasteiger partial charge in [-0.05, 0) is 57.5 Å². The van der Waals surface area contributed by atoms with Gasteiger partial charge in [0.2, 0.25) is 0 Å². The van der Waals surface area contributed by atoms with Crippen LogP contribution in [-0.4, -0.2) is 61.1 Å². The van der Waals surface area contributed by atoms with Gasteiger partial charge in [-0.25, -0.2) is 0 Å². The lowest BCUT2D eigenvalue weighted by Crippen LogP contribution is -2.47. The Morgan fingerprint density at radius 2 is 1.75 bits per heavy atom. The number of nitrogens with zero attached hydrogens (tertiary/aromatic N) is 2. The number of hydrogen-bond donors (Lipinski definition) is 0. The third kappa shape index (κ3) is 2.86. The van der Waals surface area contributed by atoms with Crippen molar-refractivity contribution < 1.29 is 14.3 Å². The van der Waals surface area contributed by atoms with Crippen LogP contribution in [0.3, 0.4) is 0 Å². The molecule has 5 nitrogen and oxygen atoms in total. The van der Waals surface area contributed by atoms with Crippen LogP contribution in [0.1, 0.15) is 42.5 Å². The van der Waals surface area contributed by atoms with Gasteiger partial charge >= 0.3 is 0 Å². The summed E-state index contributed by atoms with van der Waals surface area (Å²) < 4.78 is 11.4. The molecule has 2 fully saturated rings. The zero-order valence-electron chi connectivity index (χ0n) is 14.4. The Morgan fingerprint density at radius 1 is 1.00 bits per heavy atom. The number of likely N-dealkylation sites (tertiary alicyclic amines) is 2. The number of carbonyl (C=O) groups is 1. The fourth-order valence-corrected chi connectivity index (χ4v) is 4.33. The number of benzene rings is 1. The van der Waals surface area contributed by atoms with Gasteiger partial charge in [0.15, 0.2) is 11.5 Å². The molecule has 2 saturated heterocycles. The van der Waals surface area contributed by atoms with Gasteiger partial charge in [-0.15, -0.1) is 0 Å². The van der Waals surface area contributed by atoms with Gasteiger partial charge in [-0.1, -0.05) is 0 Å². The zero-order valence-corrected chi connectivity index (χ0v) is 14.4. The normalized spacial score (nSPS) is 27.3. The second-order valence-electron chi connectivity index (χ2n) is 7.11. The molecule has 0 radical (unpaired) electrons. The maximum Gasteiger partial charge on any atom is 0.254 e. The van der Waals surface area contributed by atoms with Gasteiger partial charge < -0.3 is 19.3 Å². The molecule has 1 amide bonds. The Labute approximate surface area is 143 Å². The highest BCUT2D eigenvalue weighted by Gasteiger charge is 2.38. The molecular formula is C19H26N2O3. The Bertz CT molecular complexity index is 619. The molecule has 24 heavy (non-hydrogen) atoms. The van der Waals surface area contributed by atoms with E-state index < -0.39 is 0 Å². The molecular weight excluding hydrogens is 304 g/mol. The van der Waals surface area contributed by atoms with Crippen LogP contribution in [0.25, 0.3) is 0 Å². The first-order chi connectivity index (χ1) is 11.7. The number of fused-ring (bicyclic) bond motifs is 1. The van der Waals surface area contributed by atoms with Crippen molar-refractivity contribution in [2.75, 3.05) is 33.4 Å². The quantitative estimate of drug-likeness (QED) is 0.836. The molecule has 130 valence electrons. The smallest absolute Gasteiger partial charge is 0.254 e. The SMILES string of the molecule is CN1CCC[C@@H]1[C@H]1CCCN1C(=O)c1ccc2c(c1)OCCCO2. The average Bonchev–Trinajstić information content (AvgIpc) is 3.16. The summed E-state index contributed by atoms with van der Waals surface area (Å²) in [6, 6.07) is 6.47. The number of ether oxygens (including phenoxy) is 2. The lowest BCUT2D eigenvalue weighted by atomic mass is 10.0. The topological polar surface area (TPSA) is 42.0 Å². The standard InChI is InChI=1S/C19H26N2O3/c1-20-9-2-5-15(20)16-6-3-10-21(16)19(22)14-7-8-17-18(13-14)24-12-4-11-23-17/h7-8,13,15-16H,2-6,9-12H2,1H3/t15-,16-/m1/s1. The molecule has 1 aromatic rings. The molecule has 3 aliphatic rings. The first-order valence-electron chi connectivity index (χ1n) is 9.15. The summed E-state index contributed by atoms with van der Waals surface area (Å²) in [5, 5.41) is 0. The number of carbonyl (C=O) groups excluding carboxylic acids is 1. The van der Waals surface area contributed by atoms with Gasteiger partial charge in [0, 0.05) is 30.6 Å². The summed E-state index contributed by atoms with van der Waals surface area (Å²) in [7, 11) is 2.19. The lowest BCUT2D eigenvalue weighted by molar-refractivity contribution is 0.0664. The zero-order chi connectivity index (χ0) is 16.5. The second-order valence-corrected chi connectivity index (χ2v) is 7.11. The second kappa shape index (κ2) is 6.63. The predicted molar refractivity (Wildman–Crippen MR) is 91.8 cm³/mol. The minimum atomic E-state index is 0.133. The van der Waals surface area contributed by atoms with Crippen LogP contribution in [0.4, 0.5) is 0 Å². The summed E-state index contributed by atoms with van der Waals surface area (Å²) in [6.45, 7) is 3.32. The van der Waals surface area contributed by atoms with E-state index in [0.717, 1.165) is 38.1 Å². The van der Waals surface area contributed by atoms with Crippen molar-refractivity contribution in [2.45, 2.75) is 44.2 Å². The van der Waals surface area contributed by atoms with Gasteiger partial charge in [0.05, 0.1) is 13.2 Å². The molecule has 0 spiro atoms. The highest BCUT2D eigenvalue weighted by Crippen LogP contribution is 2.33. The fourth-order valence-electron chi connectivity index (χ4n) is 4.33. The summed E-state index contributed by atoms with van der Waals surface area (Å²) in [4.78, 5) is 17.6. The van der Waals surface area contributed by atoms with E-state index >= 15 is 0 Å². The molecule has 0 unspecified atom stereocenters. The predicted octanol–water partition coefficient (Wildman–Crippen LogP) is 2.55. The molecule has 0 saturated carbocycles. The maximum atomic E-state index is 13.1. The minimum absolute atomic E-state index is 0.133. The van der Waals surface area contributed by atoms with E-state index in [-0.39, 0.29) is 5.91 Å². The van der Waals surface area contributed by atoms with E-state index in [1.807, 2.05) is 18.2 Å². The van der Waals surface area contributed by atoms with Crippen LogP contribution < -0.4 is 9.47 Å². The molecule has 2 atom stereocenters. The molecule has 5 heteroatoms. The Balaban J connectivity index is 1.55. The summed E-state index contributed by atoms with van der Waals surface area (Å²) in [6.07, 6.45) is 5.53. The van der Waals surface area contributed by atoms with Crippen LogP contribution in [-0.2, 0) is 0 Å². The van der Waals surface area contributed by atoms with E-state index in [1.165, 1.54) is 12.8 Å². The van der Waals surface area contributed by atoms with Crippen molar-refractivity contribution in [3.8, 4) is 11.5 Å². The number of rotatable bonds is 2. The maximum absolute atomic E-state index is 13.1. The van der Waals surface area contributed by atoms with Crippen molar-refractivity contribution in [3.63, 3.8) is 0 Å². The van der Waals surface area contributed by atoms with Crippen molar-refractivity contribution in [1.29, 1.82) is 0 Å². The minimum Gasteiger partial charge on any atom is -0.490 e. The average molecular weight is 330 g/mol. The van der Waals surface area contributed by atoms with Crippen molar-refractivity contribution in [1.82, 2.24) is 9.80 Å². The van der Waals surface area contributed by atoms with Crippen LogP contribution in [0.2, 0.25) is 0 Å². The highest BCUT2D eigenvalue weighted by atomic mass is 16.5. The van der Waals surface area contributed by atoms with E-state index in [0.29, 0.717) is 36.6 Å². The van der Waals surface area contributed by atoms with Crippen LogP contribution in [0.15, 0.2) is 18.2 Å². The Kier molecular flexibility index (Phi) is 4.35. The first-order valence-corrected chi connectivity index (χ1v) is 9.15. The van der Waals surface area contributed by atoms with E-state index in [1.54, 1.807) is 0 Å². The number of amides is 1. The fraction of sp³-hybridized carbons (Fsp3) is 0.632. The highest BCUT2D eigenvalue weighted by molar-refractivity contribution is 5.95. The summed E-state index contributed by atoms with van der Waals surface area (Å²) >= 11 is 0. The number of hydrogen-bond acceptors (Lipinski definition) is 4. The van der Waals surface area contributed by atoms with Crippen molar-refractivity contribution in [3.05, 3.63) is 23.8 Å². The third-order valence-electron chi connectivity index (χ3n) is 5.58. The Hall–Kier alpha value is -1.75.